The zero-order valence-electron chi connectivity index (χ0n) is 9.19. The van der Waals surface area contributed by atoms with Crippen LogP contribution >= 0.6 is 27.5 Å². The van der Waals surface area contributed by atoms with E-state index in [0.717, 1.165) is 0 Å². The van der Waals surface area contributed by atoms with Gasteiger partial charge in [-0.2, -0.15) is 0 Å². The summed E-state index contributed by atoms with van der Waals surface area (Å²) in [5.41, 5.74) is 0.0851. The Morgan fingerprint density at radius 3 is 2.50 bits per heavy atom. The molecule has 0 spiro atoms. The number of hydrogen-bond donors (Lipinski definition) is 0. The Morgan fingerprint density at radius 2 is 2.00 bits per heavy atom. The monoisotopic (exact) mass is 306 g/mol. The van der Waals surface area contributed by atoms with Gasteiger partial charge in [-0.1, -0.05) is 25.4 Å². The van der Waals surface area contributed by atoms with Crippen LogP contribution in [0.2, 0.25) is 5.02 Å². The number of ketones is 1. The van der Waals surface area contributed by atoms with Gasteiger partial charge in [0.05, 0.1) is 10.6 Å². The molecule has 0 aliphatic heterocycles. The van der Waals surface area contributed by atoms with Crippen LogP contribution in [0.15, 0.2) is 16.6 Å². The van der Waals surface area contributed by atoms with Crippen LogP contribution < -0.4 is 0 Å². The lowest BCUT2D eigenvalue weighted by Crippen LogP contribution is -2.14. The lowest BCUT2D eigenvalue weighted by atomic mass is 9.93. The standard InChI is InChI=1S/C12H13BrClFO/c1-3-7(4-2)12(16)8-5-10(14)9(13)6-11(8)15/h5-7H,3-4H2,1-2H3. The smallest absolute Gasteiger partial charge is 0.168 e. The first-order valence-electron chi connectivity index (χ1n) is 5.20. The van der Waals surface area contributed by atoms with Crippen LogP contribution in [0, 0.1) is 11.7 Å². The van der Waals surface area contributed by atoms with E-state index in [1.54, 1.807) is 0 Å². The number of carbonyl (C=O) groups is 1. The maximum absolute atomic E-state index is 13.6. The van der Waals surface area contributed by atoms with Crippen LogP contribution in [0.5, 0.6) is 0 Å². The second kappa shape index (κ2) is 5.78. The van der Waals surface area contributed by atoms with Gasteiger partial charge < -0.3 is 0 Å². The zero-order valence-corrected chi connectivity index (χ0v) is 11.5. The average molecular weight is 308 g/mol. The Kier molecular flexibility index (Phi) is 4.93. The molecule has 16 heavy (non-hydrogen) atoms. The van der Waals surface area contributed by atoms with Crippen LogP contribution in [-0.2, 0) is 0 Å². The van der Waals surface area contributed by atoms with Gasteiger partial charge in [-0.05, 0) is 40.9 Å². The topological polar surface area (TPSA) is 17.1 Å². The highest BCUT2D eigenvalue weighted by atomic mass is 79.9. The number of carbonyl (C=O) groups excluding carboxylic acids is 1. The van der Waals surface area contributed by atoms with Gasteiger partial charge in [-0.3, -0.25) is 4.79 Å². The second-order valence-corrected chi connectivity index (χ2v) is 4.89. The second-order valence-electron chi connectivity index (χ2n) is 3.62. The predicted molar refractivity (Wildman–Crippen MR) is 67.5 cm³/mol. The predicted octanol–water partition coefficient (Wildman–Crippen LogP) is 4.86. The molecule has 4 heteroatoms. The molecular formula is C12H13BrClFO. The summed E-state index contributed by atoms with van der Waals surface area (Å²) >= 11 is 8.97. The first kappa shape index (κ1) is 13.7. The molecule has 1 aromatic carbocycles. The maximum Gasteiger partial charge on any atom is 0.168 e. The number of halogens is 3. The third-order valence-electron chi connectivity index (χ3n) is 2.63. The molecule has 0 aromatic heterocycles. The van der Waals surface area contributed by atoms with E-state index in [4.69, 9.17) is 11.6 Å². The maximum atomic E-state index is 13.6. The lowest BCUT2D eigenvalue weighted by Gasteiger charge is -2.12. The van der Waals surface area contributed by atoms with Gasteiger partial charge in [-0.15, -0.1) is 0 Å². The highest BCUT2D eigenvalue weighted by Crippen LogP contribution is 2.28. The van der Waals surface area contributed by atoms with E-state index in [1.165, 1.54) is 12.1 Å². The van der Waals surface area contributed by atoms with Crippen molar-refractivity contribution in [3.8, 4) is 0 Å². The summed E-state index contributed by atoms with van der Waals surface area (Å²) < 4.78 is 14.1. The van der Waals surface area contributed by atoms with E-state index in [2.05, 4.69) is 15.9 Å². The fourth-order valence-electron chi connectivity index (χ4n) is 1.59. The van der Waals surface area contributed by atoms with Gasteiger partial charge in [0.1, 0.15) is 5.82 Å². The van der Waals surface area contributed by atoms with Crippen molar-refractivity contribution >= 4 is 33.3 Å². The van der Waals surface area contributed by atoms with Crippen molar-refractivity contribution in [3.05, 3.63) is 33.0 Å². The van der Waals surface area contributed by atoms with E-state index in [1.807, 2.05) is 13.8 Å². The van der Waals surface area contributed by atoms with Gasteiger partial charge in [-0.25, -0.2) is 4.39 Å². The minimum atomic E-state index is -0.520. The average Bonchev–Trinajstić information content (AvgIpc) is 2.25. The summed E-state index contributed by atoms with van der Waals surface area (Å²) in [6, 6.07) is 2.62. The first-order valence-corrected chi connectivity index (χ1v) is 6.37. The van der Waals surface area contributed by atoms with Crippen LogP contribution in [0.3, 0.4) is 0 Å². The summed E-state index contributed by atoms with van der Waals surface area (Å²) in [5, 5.41) is 0.357. The zero-order chi connectivity index (χ0) is 12.3. The molecule has 0 heterocycles. The molecule has 0 unspecified atom stereocenters. The number of benzene rings is 1. The largest absolute Gasteiger partial charge is 0.294 e. The fraction of sp³-hybridized carbons (Fsp3) is 0.417. The molecule has 0 aliphatic rings. The molecule has 0 saturated carbocycles. The van der Waals surface area contributed by atoms with Crippen molar-refractivity contribution in [1.29, 1.82) is 0 Å². The molecule has 88 valence electrons. The molecule has 1 aromatic rings. The number of Topliss-reactive ketones (excluding diaryl/α,β-unsaturated/α-hetero) is 1. The quantitative estimate of drug-likeness (QED) is 0.573. The Balaban J connectivity index is 3.13. The molecule has 0 saturated heterocycles. The molecular weight excluding hydrogens is 294 g/mol. The molecule has 1 nitrogen and oxygen atoms in total. The molecule has 1 rings (SSSR count). The van der Waals surface area contributed by atoms with Gasteiger partial charge in [0.15, 0.2) is 5.78 Å². The third kappa shape index (κ3) is 2.83. The van der Waals surface area contributed by atoms with E-state index in [0.29, 0.717) is 22.3 Å². The molecule has 0 aliphatic carbocycles. The van der Waals surface area contributed by atoms with Crippen LogP contribution in [-0.4, -0.2) is 5.78 Å². The van der Waals surface area contributed by atoms with Crippen LogP contribution in [0.4, 0.5) is 4.39 Å². The van der Waals surface area contributed by atoms with Gasteiger partial charge in [0.2, 0.25) is 0 Å². The summed E-state index contributed by atoms with van der Waals surface area (Å²) in [5.74, 6) is -0.822. The fourth-order valence-corrected chi connectivity index (χ4v) is 2.07. The highest BCUT2D eigenvalue weighted by Gasteiger charge is 2.20. The third-order valence-corrected chi connectivity index (χ3v) is 3.83. The summed E-state index contributed by atoms with van der Waals surface area (Å²) in [4.78, 5) is 12.0. The van der Waals surface area contributed by atoms with Gasteiger partial charge >= 0.3 is 0 Å². The van der Waals surface area contributed by atoms with E-state index in [-0.39, 0.29) is 17.3 Å². The highest BCUT2D eigenvalue weighted by molar-refractivity contribution is 9.10. The SMILES string of the molecule is CCC(CC)C(=O)c1cc(Cl)c(Br)cc1F. The van der Waals surface area contributed by atoms with E-state index < -0.39 is 5.82 Å². The number of hydrogen-bond acceptors (Lipinski definition) is 1. The molecule has 0 fully saturated rings. The molecule has 0 radical (unpaired) electrons. The lowest BCUT2D eigenvalue weighted by molar-refractivity contribution is 0.0909. The Bertz CT molecular complexity index is 402. The van der Waals surface area contributed by atoms with Crippen molar-refractivity contribution in [2.45, 2.75) is 26.7 Å². The molecule has 0 bridgehead atoms. The van der Waals surface area contributed by atoms with Crippen molar-refractivity contribution in [2.75, 3.05) is 0 Å². The van der Waals surface area contributed by atoms with Gasteiger partial charge in [0.25, 0.3) is 0 Å². The van der Waals surface area contributed by atoms with E-state index in [9.17, 15) is 9.18 Å². The summed E-state index contributed by atoms with van der Waals surface area (Å²) in [7, 11) is 0. The molecule has 0 atom stereocenters. The van der Waals surface area contributed by atoms with Crippen molar-refractivity contribution < 1.29 is 9.18 Å². The first-order chi connectivity index (χ1) is 7.51. The Labute approximate surface area is 108 Å². The van der Waals surface area contributed by atoms with Crippen molar-refractivity contribution in [3.63, 3.8) is 0 Å². The van der Waals surface area contributed by atoms with Crippen molar-refractivity contribution in [2.24, 2.45) is 5.92 Å². The minimum Gasteiger partial charge on any atom is -0.294 e. The van der Waals surface area contributed by atoms with E-state index >= 15 is 0 Å². The Morgan fingerprint density at radius 1 is 1.44 bits per heavy atom. The number of rotatable bonds is 4. The van der Waals surface area contributed by atoms with Crippen LogP contribution in [0.1, 0.15) is 37.0 Å². The summed E-state index contributed by atoms with van der Waals surface area (Å²) in [6.07, 6.45) is 1.42. The molecule has 0 N–H and O–H groups in total. The molecule has 0 amide bonds. The minimum absolute atomic E-state index is 0.0851. The van der Waals surface area contributed by atoms with Crippen LogP contribution in [0.25, 0.3) is 0 Å². The summed E-state index contributed by atoms with van der Waals surface area (Å²) in [6.45, 7) is 3.84. The normalized spacial score (nSPS) is 10.9. The van der Waals surface area contributed by atoms with Gasteiger partial charge in [0, 0.05) is 10.4 Å². The Hall–Kier alpha value is -0.410. The van der Waals surface area contributed by atoms with Crippen molar-refractivity contribution in [1.82, 2.24) is 0 Å².